The molecule has 0 saturated carbocycles. The number of nitrogens with zero attached hydrogens (tertiary/aromatic N) is 4. The summed E-state index contributed by atoms with van der Waals surface area (Å²) in [6.45, 7) is 3.67. The Morgan fingerprint density at radius 2 is 1.83 bits per heavy atom. The molecule has 0 aliphatic carbocycles. The molecule has 0 bridgehead atoms. The lowest BCUT2D eigenvalue weighted by molar-refractivity contribution is -0.137. The Bertz CT molecular complexity index is 932. The summed E-state index contributed by atoms with van der Waals surface area (Å²) in [5, 5.41) is 6.36. The summed E-state index contributed by atoms with van der Waals surface area (Å²) in [6, 6.07) is 9.07. The maximum Gasteiger partial charge on any atom is 0.416 e. The lowest BCUT2D eigenvalue weighted by Crippen LogP contribution is -2.38. The first kappa shape index (κ1) is 21.4. The van der Waals surface area contributed by atoms with Crippen molar-refractivity contribution in [2.75, 3.05) is 13.1 Å². The third kappa shape index (κ3) is 6.07. The standard InChI is InChI=1S/C21H23F3N6/c1-2-26-20(27-10-9-16-3-6-18(7-4-16)21(22,23)24)29-14-17-5-8-19(28-13-17)30-12-11-25-15-30/h3-8,11-13,15H,2,9-10,14H2,1H3,(H2,26,27,29). The van der Waals surface area contributed by atoms with Gasteiger partial charge in [0.05, 0.1) is 12.1 Å². The van der Waals surface area contributed by atoms with E-state index in [0.29, 0.717) is 32.0 Å². The number of hydrogen-bond acceptors (Lipinski definition) is 3. The molecule has 1 aromatic carbocycles. The summed E-state index contributed by atoms with van der Waals surface area (Å²) in [5.74, 6) is 1.42. The summed E-state index contributed by atoms with van der Waals surface area (Å²) < 4.78 is 39.7. The van der Waals surface area contributed by atoms with E-state index in [9.17, 15) is 13.2 Å². The van der Waals surface area contributed by atoms with E-state index >= 15 is 0 Å². The van der Waals surface area contributed by atoms with Crippen LogP contribution >= 0.6 is 0 Å². The molecule has 2 N–H and O–H groups in total. The van der Waals surface area contributed by atoms with Gasteiger partial charge in [-0.15, -0.1) is 0 Å². The van der Waals surface area contributed by atoms with Gasteiger partial charge in [0.1, 0.15) is 12.1 Å². The number of benzene rings is 1. The van der Waals surface area contributed by atoms with E-state index in [1.165, 1.54) is 12.1 Å². The maximum atomic E-state index is 12.6. The zero-order valence-electron chi connectivity index (χ0n) is 16.5. The van der Waals surface area contributed by atoms with Gasteiger partial charge < -0.3 is 10.6 Å². The topological polar surface area (TPSA) is 67.1 Å². The molecule has 3 aromatic rings. The number of hydrogen-bond donors (Lipinski definition) is 2. The Kier molecular flexibility index (Phi) is 7.05. The summed E-state index contributed by atoms with van der Waals surface area (Å²) in [6.07, 6.45) is 3.24. The Balaban J connectivity index is 1.53. The van der Waals surface area contributed by atoms with Gasteiger partial charge in [-0.3, -0.25) is 4.57 Å². The van der Waals surface area contributed by atoms with E-state index < -0.39 is 11.7 Å². The predicted octanol–water partition coefficient (Wildman–Crippen LogP) is 3.58. The van der Waals surface area contributed by atoms with E-state index in [-0.39, 0.29) is 0 Å². The molecule has 30 heavy (non-hydrogen) atoms. The molecule has 3 rings (SSSR count). The minimum Gasteiger partial charge on any atom is -0.357 e. The van der Waals surface area contributed by atoms with Crippen molar-refractivity contribution < 1.29 is 13.2 Å². The fraction of sp³-hybridized carbons (Fsp3) is 0.286. The van der Waals surface area contributed by atoms with Crippen molar-refractivity contribution in [1.29, 1.82) is 0 Å². The molecule has 2 aromatic heterocycles. The molecule has 0 spiro atoms. The van der Waals surface area contributed by atoms with Crippen molar-refractivity contribution in [3.63, 3.8) is 0 Å². The molecule has 0 amide bonds. The van der Waals surface area contributed by atoms with Crippen molar-refractivity contribution in [2.24, 2.45) is 4.99 Å². The lowest BCUT2D eigenvalue weighted by atomic mass is 10.1. The van der Waals surface area contributed by atoms with E-state index in [2.05, 4.69) is 25.6 Å². The largest absolute Gasteiger partial charge is 0.416 e. The number of guanidine groups is 1. The highest BCUT2D eigenvalue weighted by molar-refractivity contribution is 5.79. The molecular weight excluding hydrogens is 393 g/mol. The number of aromatic nitrogens is 3. The van der Waals surface area contributed by atoms with Gasteiger partial charge in [-0.25, -0.2) is 15.0 Å². The maximum absolute atomic E-state index is 12.6. The third-order valence-electron chi connectivity index (χ3n) is 4.33. The summed E-state index contributed by atoms with van der Waals surface area (Å²) >= 11 is 0. The van der Waals surface area contributed by atoms with Gasteiger partial charge in [-0.2, -0.15) is 13.2 Å². The second-order valence-corrected chi connectivity index (χ2v) is 6.56. The number of aliphatic imine (C=N–C) groups is 1. The van der Waals surface area contributed by atoms with Crippen LogP contribution in [0.5, 0.6) is 0 Å². The van der Waals surface area contributed by atoms with Gasteiger partial charge in [-0.1, -0.05) is 18.2 Å². The number of nitrogens with one attached hydrogen (secondary N) is 2. The predicted molar refractivity (Wildman–Crippen MR) is 109 cm³/mol. The van der Waals surface area contributed by atoms with Crippen molar-refractivity contribution >= 4 is 5.96 Å². The number of imidazole rings is 1. The van der Waals surface area contributed by atoms with Gasteiger partial charge in [0.25, 0.3) is 0 Å². The Hall–Kier alpha value is -3.36. The normalized spacial score (nSPS) is 12.1. The SMILES string of the molecule is CCNC(=NCc1ccc(-n2ccnc2)nc1)NCCc1ccc(C(F)(F)F)cc1. The Morgan fingerprint density at radius 1 is 1.07 bits per heavy atom. The Labute approximate surface area is 172 Å². The summed E-state index contributed by atoms with van der Waals surface area (Å²) in [7, 11) is 0. The summed E-state index contributed by atoms with van der Waals surface area (Å²) in [4.78, 5) is 12.9. The zero-order valence-corrected chi connectivity index (χ0v) is 16.5. The average molecular weight is 416 g/mol. The fourth-order valence-electron chi connectivity index (χ4n) is 2.76. The molecule has 158 valence electrons. The lowest BCUT2D eigenvalue weighted by Gasteiger charge is -2.12. The number of alkyl halides is 3. The smallest absolute Gasteiger partial charge is 0.357 e. The van der Waals surface area contributed by atoms with E-state index in [0.717, 1.165) is 29.1 Å². The molecular formula is C21H23F3N6. The molecule has 0 fully saturated rings. The van der Waals surface area contributed by atoms with Crippen LogP contribution in [0, 0.1) is 0 Å². The van der Waals surface area contributed by atoms with E-state index in [1.54, 1.807) is 18.7 Å². The van der Waals surface area contributed by atoms with Crippen LogP contribution in [0.25, 0.3) is 5.82 Å². The van der Waals surface area contributed by atoms with Crippen LogP contribution in [0.2, 0.25) is 0 Å². The number of rotatable bonds is 7. The van der Waals surface area contributed by atoms with Gasteiger partial charge in [-0.05, 0) is 42.7 Å². The highest BCUT2D eigenvalue weighted by Crippen LogP contribution is 2.29. The van der Waals surface area contributed by atoms with Gasteiger partial charge in [0, 0.05) is 31.7 Å². The minimum atomic E-state index is -4.31. The monoisotopic (exact) mass is 416 g/mol. The van der Waals surface area contributed by atoms with E-state index in [4.69, 9.17) is 0 Å². The van der Waals surface area contributed by atoms with Crippen LogP contribution in [0.3, 0.4) is 0 Å². The van der Waals surface area contributed by atoms with Crippen LogP contribution in [0.15, 0.2) is 66.3 Å². The second kappa shape index (κ2) is 9.91. The molecule has 0 aliphatic heterocycles. The van der Waals surface area contributed by atoms with Crippen LogP contribution in [0.1, 0.15) is 23.6 Å². The highest BCUT2D eigenvalue weighted by Gasteiger charge is 2.29. The van der Waals surface area contributed by atoms with Crippen LogP contribution in [-0.2, 0) is 19.1 Å². The zero-order chi connectivity index (χ0) is 21.4. The molecule has 0 atom stereocenters. The first-order valence-corrected chi connectivity index (χ1v) is 9.57. The number of pyridine rings is 1. The molecule has 9 heteroatoms. The van der Waals surface area contributed by atoms with Crippen molar-refractivity contribution in [2.45, 2.75) is 26.1 Å². The average Bonchev–Trinajstić information content (AvgIpc) is 3.27. The van der Waals surface area contributed by atoms with Gasteiger partial charge >= 0.3 is 6.18 Å². The number of halogens is 3. The summed E-state index contributed by atoms with van der Waals surface area (Å²) in [5.41, 5.74) is 1.14. The van der Waals surface area contributed by atoms with Crippen molar-refractivity contribution in [3.05, 3.63) is 78.0 Å². The Morgan fingerprint density at radius 3 is 2.43 bits per heavy atom. The fourth-order valence-corrected chi connectivity index (χ4v) is 2.76. The first-order chi connectivity index (χ1) is 14.5. The van der Waals surface area contributed by atoms with Crippen LogP contribution < -0.4 is 10.6 Å². The quantitative estimate of drug-likeness (QED) is 0.456. The molecule has 0 unspecified atom stereocenters. The van der Waals surface area contributed by atoms with Crippen LogP contribution in [-0.4, -0.2) is 33.6 Å². The molecule has 0 aliphatic rings. The van der Waals surface area contributed by atoms with Crippen molar-refractivity contribution in [3.8, 4) is 5.82 Å². The third-order valence-corrected chi connectivity index (χ3v) is 4.33. The minimum absolute atomic E-state index is 0.451. The van der Waals surface area contributed by atoms with Gasteiger partial charge in [0.2, 0.25) is 0 Å². The molecule has 2 heterocycles. The first-order valence-electron chi connectivity index (χ1n) is 9.57. The molecule has 0 saturated heterocycles. The van der Waals surface area contributed by atoms with E-state index in [1.807, 2.05) is 29.8 Å². The highest BCUT2D eigenvalue weighted by atomic mass is 19.4. The molecule has 0 radical (unpaired) electrons. The van der Waals surface area contributed by atoms with Crippen LogP contribution in [0.4, 0.5) is 13.2 Å². The van der Waals surface area contributed by atoms with Crippen molar-refractivity contribution in [1.82, 2.24) is 25.2 Å². The molecule has 6 nitrogen and oxygen atoms in total. The van der Waals surface area contributed by atoms with Gasteiger partial charge in [0.15, 0.2) is 5.96 Å². The second-order valence-electron chi connectivity index (χ2n) is 6.56.